The van der Waals surface area contributed by atoms with Crippen molar-refractivity contribution in [3.05, 3.63) is 46.7 Å². The quantitative estimate of drug-likeness (QED) is 0.933. The Hall–Kier alpha value is -1.69. The van der Waals surface area contributed by atoms with Gasteiger partial charge in [-0.1, -0.05) is 0 Å². The van der Waals surface area contributed by atoms with Crippen molar-refractivity contribution in [3.63, 3.8) is 0 Å². The van der Waals surface area contributed by atoms with Crippen molar-refractivity contribution in [2.24, 2.45) is 7.05 Å². The zero-order chi connectivity index (χ0) is 12.3. The smallest absolute Gasteiger partial charge is 0.271 e. The van der Waals surface area contributed by atoms with Crippen LogP contribution in [0.1, 0.15) is 16.3 Å². The van der Waals surface area contributed by atoms with E-state index in [1.54, 1.807) is 24.5 Å². The predicted octanol–water partition coefficient (Wildman–Crippen LogP) is 1.51. The van der Waals surface area contributed by atoms with Crippen LogP contribution in [0.3, 0.4) is 0 Å². The number of carbonyl (C=O) groups excluding carboxylic acids is 1. The number of halogens is 1. The molecule has 2 rings (SSSR count). The average Bonchev–Trinajstić information content (AvgIpc) is 2.72. The summed E-state index contributed by atoms with van der Waals surface area (Å²) in [6.45, 7) is 0.380. The zero-order valence-electron chi connectivity index (χ0n) is 9.22. The van der Waals surface area contributed by atoms with Crippen molar-refractivity contribution in [1.29, 1.82) is 0 Å². The third-order valence-electron chi connectivity index (χ3n) is 2.30. The van der Waals surface area contributed by atoms with E-state index in [-0.39, 0.29) is 5.91 Å². The first kappa shape index (κ1) is 11.8. The maximum Gasteiger partial charge on any atom is 0.271 e. The molecular formula is C11H11BrN4O. The molecule has 0 saturated heterocycles. The summed E-state index contributed by atoms with van der Waals surface area (Å²) < 4.78 is 2.53. The molecular weight excluding hydrogens is 284 g/mol. The summed E-state index contributed by atoms with van der Waals surface area (Å²) in [7, 11) is 1.88. The number of aryl methyl sites for hydroxylation is 1. The van der Waals surface area contributed by atoms with Crippen LogP contribution < -0.4 is 5.32 Å². The molecule has 0 radical (unpaired) electrons. The normalized spacial score (nSPS) is 10.2. The van der Waals surface area contributed by atoms with Crippen LogP contribution >= 0.6 is 15.9 Å². The monoisotopic (exact) mass is 294 g/mol. The van der Waals surface area contributed by atoms with E-state index in [0.717, 1.165) is 5.82 Å². The molecule has 88 valence electrons. The van der Waals surface area contributed by atoms with E-state index in [4.69, 9.17) is 0 Å². The van der Waals surface area contributed by atoms with E-state index in [1.165, 1.54) is 0 Å². The highest BCUT2D eigenvalue weighted by atomic mass is 79.9. The number of hydrogen-bond acceptors (Lipinski definition) is 3. The molecule has 2 aromatic rings. The van der Waals surface area contributed by atoms with E-state index >= 15 is 0 Å². The lowest BCUT2D eigenvalue weighted by Crippen LogP contribution is -2.25. The highest BCUT2D eigenvalue weighted by Gasteiger charge is 2.11. The van der Waals surface area contributed by atoms with Gasteiger partial charge in [-0.15, -0.1) is 0 Å². The highest BCUT2D eigenvalue weighted by molar-refractivity contribution is 9.10. The van der Waals surface area contributed by atoms with Crippen molar-refractivity contribution in [2.45, 2.75) is 6.54 Å². The summed E-state index contributed by atoms with van der Waals surface area (Å²) in [5.41, 5.74) is 0.377. The summed E-state index contributed by atoms with van der Waals surface area (Å²) >= 11 is 3.29. The lowest BCUT2D eigenvalue weighted by Gasteiger charge is -2.05. The maximum atomic E-state index is 11.8. The highest BCUT2D eigenvalue weighted by Crippen LogP contribution is 2.12. The molecule has 0 unspecified atom stereocenters. The van der Waals surface area contributed by atoms with Crippen LogP contribution in [0.4, 0.5) is 0 Å². The summed E-state index contributed by atoms with van der Waals surface area (Å²) in [5.74, 6) is 0.575. The number of carbonyl (C=O) groups is 1. The molecule has 0 spiro atoms. The van der Waals surface area contributed by atoms with Crippen LogP contribution in [0, 0.1) is 0 Å². The van der Waals surface area contributed by atoms with Crippen molar-refractivity contribution in [1.82, 2.24) is 19.9 Å². The average molecular weight is 295 g/mol. The van der Waals surface area contributed by atoms with Gasteiger partial charge >= 0.3 is 0 Å². The summed E-state index contributed by atoms with van der Waals surface area (Å²) in [6.07, 6.45) is 5.11. The lowest BCUT2D eigenvalue weighted by atomic mass is 10.3. The first-order chi connectivity index (χ1) is 8.18. The maximum absolute atomic E-state index is 11.8. The lowest BCUT2D eigenvalue weighted by molar-refractivity contribution is 0.0944. The second-order valence-electron chi connectivity index (χ2n) is 3.47. The number of pyridine rings is 1. The minimum Gasteiger partial charge on any atom is -0.343 e. The number of hydrogen-bond donors (Lipinski definition) is 1. The fourth-order valence-electron chi connectivity index (χ4n) is 1.36. The number of imidazole rings is 1. The van der Waals surface area contributed by atoms with Gasteiger partial charge < -0.3 is 9.88 Å². The van der Waals surface area contributed by atoms with Crippen molar-refractivity contribution < 1.29 is 4.79 Å². The molecule has 0 bridgehead atoms. The van der Waals surface area contributed by atoms with E-state index in [1.807, 2.05) is 17.8 Å². The molecule has 5 nitrogen and oxygen atoms in total. The topological polar surface area (TPSA) is 59.8 Å². The van der Waals surface area contributed by atoms with E-state index in [0.29, 0.717) is 16.7 Å². The van der Waals surface area contributed by atoms with E-state index in [2.05, 4.69) is 31.2 Å². The Kier molecular flexibility index (Phi) is 3.53. The second-order valence-corrected chi connectivity index (χ2v) is 4.33. The number of amides is 1. The van der Waals surface area contributed by atoms with Gasteiger partial charge in [0.25, 0.3) is 5.91 Å². The fourth-order valence-corrected chi connectivity index (χ4v) is 1.80. The Balaban J connectivity index is 2.04. The molecule has 2 aromatic heterocycles. The number of nitrogens with zero attached hydrogens (tertiary/aromatic N) is 3. The van der Waals surface area contributed by atoms with Gasteiger partial charge in [0.15, 0.2) is 0 Å². The third kappa shape index (κ3) is 2.71. The van der Waals surface area contributed by atoms with Gasteiger partial charge in [0, 0.05) is 30.1 Å². The van der Waals surface area contributed by atoms with Crippen LogP contribution in [-0.2, 0) is 13.6 Å². The SMILES string of the molecule is Cn1ccnc1CNC(=O)c1ncccc1Br. The molecule has 0 aliphatic heterocycles. The Morgan fingerprint density at radius 1 is 1.47 bits per heavy atom. The Bertz CT molecular complexity index is 538. The number of nitrogens with one attached hydrogen (secondary N) is 1. The molecule has 1 N–H and O–H groups in total. The summed E-state index contributed by atoms with van der Waals surface area (Å²) in [5, 5.41) is 2.77. The minimum atomic E-state index is -0.222. The molecule has 17 heavy (non-hydrogen) atoms. The largest absolute Gasteiger partial charge is 0.343 e. The zero-order valence-corrected chi connectivity index (χ0v) is 10.8. The molecule has 1 amide bonds. The first-order valence-corrected chi connectivity index (χ1v) is 5.82. The number of rotatable bonds is 3. The Morgan fingerprint density at radius 3 is 2.94 bits per heavy atom. The van der Waals surface area contributed by atoms with Gasteiger partial charge in [-0.25, -0.2) is 9.97 Å². The molecule has 0 fully saturated rings. The van der Waals surface area contributed by atoms with Gasteiger partial charge in [-0.3, -0.25) is 4.79 Å². The van der Waals surface area contributed by atoms with Crippen molar-refractivity contribution in [2.75, 3.05) is 0 Å². The molecule has 0 aliphatic rings. The Labute approximate surface area is 107 Å². The molecule has 0 atom stereocenters. The minimum absolute atomic E-state index is 0.222. The van der Waals surface area contributed by atoms with Crippen LogP contribution in [-0.4, -0.2) is 20.4 Å². The summed E-state index contributed by atoms with van der Waals surface area (Å²) in [4.78, 5) is 20.0. The molecule has 0 saturated carbocycles. The van der Waals surface area contributed by atoms with Gasteiger partial charge in [0.2, 0.25) is 0 Å². The van der Waals surface area contributed by atoms with Crippen molar-refractivity contribution >= 4 is 21.8 Å². The Morgan fingerprint density at radius 2 is 2.29 bits per heavy atom. The number of aromatic nitrogens is 3. The third-order valence-corrected chi connectivity index (χ3v) is 2.94. The molecule has 0 aromatic carbocycles. The second kappa shape index (κ2) is 5.09. The molecule has 2 heterocycles. The van der Waals surface area contributed by atoms with Crippen LogP contribution in [0.2, 0.25) is 0 Å². The summed E-state index contributed by atoms with van der Waals surface area (Å²) in [6, 6.07) is 3.54. The fraction of sp³-hybridized carbons (Fsp3) is 0.182. The van der Waals surface area contributed by atoms with E-state index in [9.17, 15) is 4.79 Å². The van der Waals surface area contributed by atoms with Crippen LogP contribution in [0.25, 0.3) is 0 Å². The molecule has 6 heteroatoms. The molecule has 0 aliphatic carbocycles. The van der Waals surface area contributed by atoms with E-state index < -0.39 is 0 Å². The van der Waals surface area contributed by atoms with Crippen LogP contribution in [0.5, 0.6) is 0 Å². The predicted molar refractivity (Wildman–Crippen MR) is 66.3 cm³/mol. The van der Waals surface area contributed by atoms with Gasteiger partial charge in [0.1, 0.15) is 11.5 Å². The van der Waals surface area contributed by atoms with Gasteiger partial charge in [0.05, 0.1) is 6.54 Å². The van der Waals surface area contributed by atoms with Crippen LogP contribution in [0.15, 0.2) is 35.2 Å². The first-order valence-electron chi connectivity index (χ1n) is 5.03. The van der Waals surface area contributed by atoms with Gasteiger partial charge in [-0.05, 0) is 28.1 Å². The standard InChI is InChI=1S/C11H11BrN4O/c1-16-6-5-13-9(16)7-15-11(17)10-8(12)3-2-4-14-10/h2-6H,7H2,1H3,(H,15,17). The van der Waals surface area contributed by atoms with Gasteiger partial charge in [-0.2, -0.15) is 0 Å². The van der Waals surface area contributed by atoms with Crippen molar-refractivity contribution in [3.8, 4) is 0 Å².